The first-order valence-corrected chi connectivity index (χ1v) is 8.78. The molecule has 0 spiro atoms. The quantitative estimate of drug-likeness (QED) is 0.525. The third-order valence-corrected chi connectivity index (χ3v) is 4.69. The van der Waals surface area contributed by atoms with Gasteiger partial charge in [-0.25, -0.2) is 14.1 Å². The van der Waals surface area contributed by atoms with Crippen molar-refractivity contribution in [3.05, 3.63) is 77.4 Å². The molecular weight excluding hydrogens is 383 g/mol. The van der Waals surface area contributed by atoms with Crippen molar-refractivity contribution in [2.24, 2.45) is 0 Å². The van der Waals surface area contributed by atoms with Gasteiger partial charge in [-0.15, -0.1) is 0 Å². The van der Waals surface area contributed by atoms with Gasteiger partial charge >= 0.3 is 6.61 Å². The third kappa shape index (κ3) is 3.61. The Hall–Kier alpha value is -3.55. The molecule has 29 heavy (non-hydrogen) atoms. The second-order valence-corrected chi connectivity index (χ2v) is 6.48. The molecule has 1 N–H and O–H groups in total. The molecule has 0 radical (unpaired) electrons. The van der Waals surface area contributed by atoms with Crippen molar-refractivity contribution in [3.63, 3.8) is 0 Å². The van der Waals surface area contributed by atoms with Gasteiger partial charge in [-0.05, 0) is 48.4 Å². The molecule has 0 saturated carbocycles. The summed E-state index contributed by atoms with van der Waals surface area (Å²) in [5.74, 6) is -1.26. The van der Waals surface area contributed by atoms with E-state index in [-0.39, 0.29) is 29.0 Å². The monoisotopic (exact) mass is 399 g/mol. The molecule has 5 nitrogen and oxygen atoms in total. The van der Waals surface area contributed by atoms with E-state index in [1.807, 2.05) is 24.3 Å². The summed E-state index contributed by atoms with van der Waals surface area (Å²) in [4.78, 5) is 3.94. The lowest BCUT2D eigenvalue weighted by Crippen LogP contribution is -2.09. The molecule has 148 valence electrons. The van der Waals surface area contributed by atoms with Crippen LogP contribution in [0.3, 0.4) is 0 Å². The number of rotatable bonds is 5. The third-order valence-electron chi connectivity index (χ3n) is 4.69. The molecule has 2 heterocycles. The number of alkyl halides is 2. The summed E-state index contributed by atoms with van der Waals surface area (Å²) >= 11 is 0. The van der Waals surface area contributed by atoms with Gasteiger partial charge in [-0.1, -0.05) is 12.1 Å². The Morgan fingerprint density at radius 2 is 1.90 bits per heavy atom. The van der Waals surface area contributed by atoms with E-state index in [0.717, 1.165) is 17.3 Å². The molecule has 8 heteroatoms. The summed E-state index contributed by atoms with van der Waals surface area (Å²) in [6.45, 7) is -1.49. The predicted molar refractivity (Wildman–Crippen MR) is 101 cm³/mol. The van der Waals surface area contributed by atoms with Gasteiger partial charge in [0.25, 0.3) is 0 Å². The SMILES string of the molecule is Cc1c(Cc2ccc(-n3cccn3)cc2)c(OC(F)F)nc2c(F)ccc(O)c12. The number of nitrogens with zero attached hydrogens (tertiary/aromatic N) is 3. The number of benzene rings is 2. The summed E-state index contributed by atoms with van der Waals surface area (Å²) < 4.78 is 46.3. The first-order valence-electron chi connectivity index (χ1n) is 8.78. The van der Waals surface area contributed by atoms with Crippen LogP contribution in [0.25, 0.3) is 16.6 Å². The van der Waals surface area contributed by atoms with Crippen LogP contribution in [0.2, 0.25) is 0 Å². The molecule has 4 rings (SSSR count). The number of halogens is 3. The summed E-state index contributed by atoms with van der Waals surface area (Å²) in [7, 11) is 0. The van der Waals surface area contributed by atoms with Gasteiger partial charge in [-0.2, -0.15) is 13.9 Å². The Morgan fingerprint density at radius 1 is 1.14 bits per heavy atom. The Kier molecular flexibility index (Phi) is 4.84. The largest absolute Gasteiger partial charge is 0.507 e. The molecule has 0 aliphatic carbocycles. The summed E-state index contributed by atoms with van der Waals surface area (Å²) in [5, 5.41) is 14.5. The summed E-state index contributed by atoms with van der Waals surface area (Å²) in [6.07, 6.45) is 3.68. The highest BCUT2D eigenvalue weighted by molar-refractivity contribution is 5.90. The molecular formula is C21H16F3N3O2. The fourth-order valence-corrected chi connectivity index (χ4v) is 3.30. The molecule has 0 unspecified atom stereocenters. The lowest BCUT2D eigenvalue weighted by molar-refractivity contribution is -0.0532. The molecule has 0 atom stereocenters. The zero-order valence-electron chi connectivity index (χ0n) is 15.3. The number of fused-ring (bicyclic) bond motifs is 1. The highest BCUT2D eigenvalue weighted by atomic mass is 19.3. The van der Waals surface area contributed by atoms with E-state index in [2.05, 4.69) is 14.8 Å². The molecule has 4 aromatic rings. The van der Waals surface area contributed by atoms with Crippen LogP contribution in [0.1, 0.15) is 16.7 Å². The fourth-order valence-electron chi connectivity index (χ4n) is 3.30. The van der Waals surface area contributed by atoms with E-state index in [1.165, 1.54) is 6.07 Å². The first-order chi connectivity index (χ1) is 13.9. The summed E-state index contributed by atoms with van der Waals surface area (Å²) in [5.41, 5.74) is 2.22. The van der Waals surface area contributed by atoms with E-state index in [4.69, 9.17) is 0 Å². The second-order valence-electron chi connectivity index (χ2n) is 6.48. The molecule has 2 aromatic heterocycles. The minimum atomic E-state index is -3.11. The Bertz CT molecular complexity index is 1160. The van der Waals surface area contributed by atoms with E-state index >= 15 is 0 Å². The minimum Gasteiger partial charge on any atom is -0.507 e. The number of phenolic OH excluding ortho intramolecular Hbond substituents is 1. The Morgan fingerprint density at radius 3 is 2.55 bits per heavy atom. The van der Waals surface area contributed by atoms with E-state index in [1.54, 1.807) is 30.1 Å². The van der Waals surface area contributed by atoms with Crippen molar-refractivity contribution in [3.8, 4) is 17.3 Å². The Balaban J connectivity index is 1.79. The molecule has 0 bridgehead atoms. The molecule has 0 aliphatic heterocycles. The normalized spacial score (nSPS) is 11.3. The number of hydrogen-bond donors (Lipinski definition) is 1. The topological polar surface area (TPSA) is 60.2 Å². The van der Waals surface area contributed by atoms with Crippen LogP contribution < -0.4 is 4.74 Å². The van der Waals surface area contributed by atoms with Crippen LogP contribution in [0.5, 0.6) is 11.6 Å². The number of aryl methyl sites for hydroxylation is 1. The second kappa shape index (κ2) is 7.46. The average molecular weight is 399 g/mol. The smallest absolute Gasteiger partial charge is 0.388 e. The van der Waals surface area contributed by atoms with Gasteiger partial charge in [0.1, 0.15) is 17.1 Å². The van der Waals surface area contributed by atoms with Crippen LogP contribution in [-0.4, -0.2) is 26.5 Å². The number of ether oxygens (including phenoxy) is 1. The predicted octanol–water partition coefficient (Wildman–Crippen LogP) is 4.77. The van der Waals surface area contributed by atoms with Crippen molar-refractivity contribution in [2.75, 3.05) is 0 Å². The lowest BCUT2D eigenvalue weighted by atomic mass is 9.97. The van der Waals surface area contributed by atoms with Gasteiger partial charge in [0.05, 0.1) is 5.69 Å². The van der Waals surface area contributed by atoms with Crippen molar-refractivity contribution >= 4 is 10.9 Å². The minimum absolute atomic E-state index is 0.176. The molecule has 0 aliphatic rings. The van der Waals surface area contributed by atoms with Gasteiger partial charge < -0.3 is 9.84 Å². The van der Waals surface area contributed by atoms with E-state index in [0.29, 0.717) is 11.1 Å². The number of aromatic nitrogens is 3. The lowest BCUT2D eigenvalue weighted by Gasteiger charge is -2.16. The molecule has 0 fully saturated rings. The van der Waals surface area contributed by atoms with Gasteiger partial charge in [0.2, 0.25) is 5.88 Å². The highest BCUT2D eigenvalue weighted by Crippen LogP contribution is 2.36. The fraction of sp³-hybridized carbons (Fsp3) is 0.143. The number of aromatic hydroxyl groups is 1. The maximum absolute atomic E-state index is 14.2. The van der Waals surface area contributed by atoms with E-state index < -0.39 is 12.4 Å². The zero-order chi connectivity index (χ0) is 20.5. The van der Waals surface area contributed by atoms with Crippen LogP contribution >= 0.6 is 0 Å². The van der Waals surface area contributed by atoms with Crippen LogP contribution in [-0.2, 0) is 6.42 Å². The first kappa shape index (κ1) is 18.8. The van der Waals surface area contributed by atoms with Crippen LogP contribution in [0, 0.1) is 12.7 Å². The van der Waals surface area contributed by atoms with Crippen molar-refractivity contribution in [1.82, 2.24) is 14.8 Å². The van der Waals surface area contributed by atoms with Crippen LogP contribution in [0.15, 0.2) is 54.9 Å². The average Bonchev–Trinajstić information content (AvgIpc) is 3.22. The summed E-state index contributed by atoms with van der Waals surface area (Å²) in [6, 6.07) is 11.4. The van der Waals surface area contributed by atoms with Gasteiger partial charge in [0, 0.05) is 29.8 Å². The highest BCUT2D eigenvalue weighted by Gasteiger charge is 2.21. The number of phenols is 1. The molecule has 0 saturated heterocycles. The van der Waals surface area contributed by atoms with Crippen molar-refractivity contribution in [2.45, 2.75) is 20.0 Å². The van der Waals surface area contributed by atoms with Crippen molar-refractivity contribution in [1.29, 1.82) is 0 Å². The molecule has 2 aromatic carbocycles. The number of hydrogen-bond acceptors (Lipinski definition) is 4. The van der Waals surface area contributed by atoms with E-state index in [9.17, 15) is 18.3 Å². The molecule has 0 amide bonds. The Labute approximate surface area is 164 Å². The van der Waals surface area contributed by atoms with Gasteiger partial charge in [0.15, 0.2) is 0 Å². The maximum atomic E-state index is 14.2. The number of pyridine rings is 1. The van der Waals surface area contributed by atoms with Crippen molar-refractivity contribution < 1.29 is 23.0 Å². The van der Waals surface area contributed by atoms with Crippen LogP contribution in [0.4, 0.5) is 13.2 Å². The van der Waals surface area contributed by atoms with Gasteiger partial charge in [-0.3, -0.25) is 0 Å². The maximum Gasteiger partial charge on any atom is 0.388 e. The standard InChI is InChI=1S/C21H16F3N3O2/c1-12-15(11-13-3-5-14(6-4-13)27-10-2-9-25-27)20(29-21(23)24)26-19-16(22)7-8-17(28)18(12)19/h2-10,21,28H,11H2,1H3. The zero-order valence-corrected chi connectivity index (χ0v) is 15.3.